The summed E-state index contributed by atoms with van der Waals surface area (Å²) in [6.45, 7) is 5.45. The molecule has 0 saturated heterocycles. The zero-order valence-electron chi connectivity index (χ0n) is 12.8. The third-order valence-electron chi connectivity index (χ3n) is 3.24. The zero-order chi connectivity index (χ0) is 15.2. The third kappa shape index (κ3) is 4.53. The topological polar surface area (TPSA) is 28.2 Å². The van der Waals surface area contributed by atoms with Crippen LogP contribution >= 0.6 is 0 Å². The maximum absolute atomic E-state index is 13.7. The summed E-state index contributed by atoms with van der Waals surface area (Å²) in [5.74, 6) is 0.670. The van der Waals surface area contributed by atoms with Crippen molar-refractivity contribution in [2.45, 2.75) is 33.0 Å². The molecule has 0 aliphatic rings. The number of halogens is 1. The second kappa shape index (κ2) is 7.18. The van der Waals surface area contributed by atoms with Gasteiger partial charge in [-0.1, -0.05) is 38.1 Å². The molecule has 112 valence electrons. The minimum Gasteiger partial charge on any atom is -0.355 e. The fourth-order valence-electron chi connectivity index (χ4n) is 2.05. The number of benzene rings is 1. The summed E-state index contributed by atoms with van der Waals surface area (Å²) >= 11 is 0. The highest BCUT2D eigenvalue weighted by Crippen LogP contribution is 2.15. The van der Waals surface area contributed by atoms with Crippen molar-refractivity contribution < 1.29 is 4.39 Å². The molecule has 21 heavy (non-hydrogen) atoms. The normalized spacial score (nSPS) is 10.9. The van der Waals surface area contributed by atoms with E-state index in [1.165, 1.54) is 6.07 Å². The summed E-state index contributed by atoms with van der Waals surface area (Å²) in [7, 11) is 1.93. The molecule has 2 rings (SSSR count). The van der Waals surface area contributed by atoms with E-state index in [9.17, 15) is 4.39 Å². The van der Waals surface area contributed by atoms with E-state index in [0.29, 0.717) is 18.2 Å². The Morgan fingerprint density at radius 1 is 1.14 bits per heavy atom. The van der Waals surface area contributed by atoms with E-state index in [0.717, 1.165) is 18.1 Å². The Balaban J connectivity index is 2.07. The number of hydrogen-bond acceptors (Lipinski definition) is 3. The maximum Gasteiger partial charge on any atom is 0.128 e. The van der Waals surface area contributed by atoms with Crippen LogP contribution in [0.2, 0.25) is 0 Å². The molecule has 0 amide bonds. The zero-order valence-corrected chi connectivity index (χ0v) is 12.8. The third-order valence-corrected chi connectivity index (χ3v) is 3.24. The van der Waals surface area contributed by atoms with Crippen LogP contribution in [0.5, 0.6) is 0 Å². The van der Waals surface area contributed by atoms with Crippen LogP contribution in [-0.2, 0) is 13.1 Å². The number of rotatable bonds is 6. The van der Waals surface area contributed by atoms with Crippen molar-refractivity contribution in [2.75, 3.05) is 11.9 Å². The molecule has 1 N–H and O–H groups in total. The fourth-order valence-corrected chi connectivity index (χ4v) is 2.05. The van der Waals surface area contributed by atoms with Crippen molar-refractivity contribution in [3.05, 3.63) is 59.5 Å². The summed E-state index contributed by atoms with van der Waals surface area (Å²) in [6, 6.07) is 13.2. The molecule has 0 atom stereocenters. The molecule has 1 heterocycles. The fraction of sp³-hybridized carbons (Fsp3) is 0.353. The van der Waals surface area contributed by atoms with Gasteiger partial charge in [0.15, 0.2) is 0 Å². The molecule has 0 aliphatic carbocycles. The lowest BCUT2D eigenvalue weighted by Gasteiger charge is -2.19. The summed E-state index contributed by atoms with van der Waals surface area (Å²) < 4.78 is 13.7. The first-order chi connectivity index (χ1) is 10.1. The van der Waals surface area contributed by atoms with Crippen molar-refractivity contribution in [1.29, 1.82) is 0 Å². The second-order valence-corrected chi connectivity index (χ2v) is 5.47. The molecule has 0 fully saturated rings. The molecule has 4 heteroatoms. The Kier molecular flexibility index (Phi) is 5.28. The summed E-state index contributed by atoms with van der Waals surface area (Å²) in [5, 5.41) is 3.35. The Hall–Kier alpha value is -1.94. The van der Waals surface area contributed by atoms with Crippen molar-refractivity contribution in [1.82, 2.24) is 10.3 Å². The molecule has 1 aromatic heterocycles. The lowest BCUT2D eigenvalue weighted by molar-refractivity contribution is 0.581. The van der Waals surface area contributed by atoms with Crippen molar-refractivity contribution in [3.8, 4) is 0 Å². The van der Waals surface area contributed by atoms with E-state index in [-0.39, 0.29) is 5.82 Å². The van der Waals surface area contributed by atoms with Gasteiger partial charge in [0.1, 0.15) is 11.6 Å². The predicted octanol–water partition coefficient (Wildman–Crippen LogP) is 3.36. The van der Waals surface area contributed by atoms with Gasteiger partial charge in [-0.05, 0) is 18.2 Å². The van der Waals surface area contributed by atoms with Gasteiger partial charge in [0, 0.05) is 31.7 Å². The quantitative estimate of drug-likeness (QED) is 0.883. The first kappa shape index (κ1) is 15.4. The Morgan fingerprint density at radius 3 is 2.62 bits per heavy atom. The van der Waals surface area contributed by atoms with Gasteiger partial charge < -0.3 is 10.2 Å². The summed E-state index contributed by atoms with van der Waals surface area (Å²) in [6.07, 6.45) is 0. The molecule has 0 bridgehead atoms. The largest absolute Gasteiger partial charge is 0.355 e. The van der Waals surface area contributed by atoms with Crippen LogP contribution in [0.15, 0.2) is 42.5 Å². The molecular formula is C17H22FN3. The maximum atomic E-state index is 13.7. The predicted molar refractivity (Wildman–Crippen MR) is 84.7 cm³/mol. The number of pyridine rings is 1. The van der Waals surface area contributed by atoms with Gasteiger partial charge in [0.25, 0.3) is 0 Å². The highest BCUT2D eigenvalue weighted by Gasteiger charge is 2.08. The van der Waals surface area contributed by atoms with Crippen LogP contribution in [0.3, 0.4) is 0 Å². The minimum atomic E-state index is -0.179. The smallest absolute Gasteiger partial charge is 0.128 e. The Bertz CT molecular complexity index is 584. The lowest BCUT2D eigenvalue weighted by atomic mass is 10.2. The van der Waals surface area contributed by atoms with Crippen LogP contribution in [-0.4, -0.2) is 18.1 Å². The van der Waals surface area contributed by atoms with Gasteiger partial charge in [0.2, 0.25) is 0 Å². The average Bonchev–Trinajstić information content (AvgIpc) is 2.48. The molecule has 0 unspecified atom stereocenters. The highest BCUT2D eigenvalue weighted by molar-refractivity contribution is 5.39. The molecule has 0 aliphatic heterocycles. The number of nitrogens with one attached hydrogen (secondary N) is 1. The highest BCUT2D eigenvalue weighted by atomic mass is 19.1. The van der Waals surface area contributed by atoms with Crippen LogP contribution in [0.4, 0.5) is 10.2 Å². The van der Waals surface area contributed by atoms with Gasteiger partial charge in [-0.25, -0.2) is 9.37 Å². The first-order valence-electron chi connectivity index (χ1n) is 7.20. The number of anilines is 1. The van der Waals surface area contributed by atoms with E-state index >= 15 is 0 Å². The van der Waals surface area contributed by atoms with Gasteiger partial charge in [-0.15, -0.1) is 0 Å². The Labute approximate surface area is 125 Å². The minimum absolute atomic E-state index is 0.179. The van der Waals surface area contributed by atoms with E-state index in [1.807, 2.05) is 36.2 Å². The van der Waals surface area contributed by atoms with Gasteiger partial charge in [-0.3, -0.25) is 0 Å². The van der Waals surface area contributed by atoms with Crippen molar-refractivity contribution in [3.63, 3.8) is 0 Å². The monoisotopic (exact) mass is 287 g/mol. The van der Waals surface area contributed by atoms with Crippen LogP contribution in [0.25, 0.3) is 0 Å². The molecule has 0 radical (unpaired) electrons. The molecular weight excluding hydrogens is 265 g/mol. The average molecular weight is 287 g/mol. The Morgan fingerprint density at radius 2 is 1.90 bits per heavy atom. The van der Waals surface area contributed by atoms with Crippen LogP contribution in [0.1, 0.15) is 25.1 Å². The molecule has 0 saturated carbocycles. The molecule has 2 aromatic rings. The number of nitrogens with zero attached hydrogens (tertiary/aromatic N) is 2. The van der Waals surface area contributed by atoms with Crippen LogP contribution < -0.4 is 10.2 Å². The first-order valence-corrected chi connectivity index (χ1v) is 7.20. The van der Waals surface area contributed by atoms with Gasteiger partial charge in [-0.2, -0.15) is 0 Å². The molecule has 3 nitrogen and oxygen atoms in total. The van der Waals surface area contributed by atoms with E-state index < -0.39 is 0 Å². The SMILES string of the molecule is CC(C)NCc1cccc(N(C)Cc2ccccc2F)n1. The van der Waals surface area contributed by atoms with Crippen molar-refractivity contribution >= 4 is 5.82 Å². The second-order valence-electron chi connectivity index (χ2n) is 5.47. The molecule has 0 spiro atoms. The van der Waals surface area contributed by atoms with E-state index in [1.54, 1.807) is 12.1 Å². The van der Waals surface area contributed by atoms with E-state index in [2.05, 4.69) is 24.1 Å². The number of aromatic nitrogens is 1. The van der Waals surface area contributed by atoms with Gasteiger partial charge in [0.05, 0.1) is 5.69 Å². The standard InChI is InChI=1S/C17H22FN3/c1-13(2)19-11-15-8-6-10-17(20-15)21(3)12-14-7-4-5-9-16(14)18/h4-10,13,19H,11-12H2,1-3H3. The van der Waals surface area contributed by atoms with E-state index in [4.69, 9.17) is 0 Å². The number of hydrogen-bond donors (Lipinski definition) is 1. The van der Waals surface area contributed by atoms with Crippen molar-refractivity contribution in [2.24, 2.45) is 0 Å². The lowest BCUT2D eigenvalue weighted by Crippen LogP contribution is -2.23. The van der Waals surface area contributed by atoms with Crippen LogP contribution in [0, 0.1) is 5.82 Å². The van der Waals surface area contributed by atoms with Gasteiger partial charge >= 0.3 is 0 Å². The molecule has 1 aromatic carbocycles. The summed E-state index contributed by atoms with van der Waals surface area (Å²) in [4.78, 5) is 6.57. The summed E-state index contributed by atoms with van der Waals surface area (Å²) in [5.41, 5.74) is 1.66.